The molecule has 0 aromatic carbocycles. The minimum absolute atomic E-state index is 0.239. The molecule has 0 spiro atoms. The first-order valence-electron chi connectivity index (χ1n) is 4.42. The Labute approximate surface area is 71.8 Å². The number of nitrogens with one attached hydrogen (secondary N) is 2. The molecule has 2 rings (SSSR count). The van der Waals surface area contributed by atoms with Gasteiger partial charge in [0, 0.05) is 17.9 Å². The smallest absolute Gasteiger partial charge is 0.109 e. The summed E-state index contributed by atoms with van der Waals surface area (Å²) in [6.07, 6.45) is 3.71. The molecule has 2 atom stereocenters. The first-order chi connectivity index (χ1) is 5.88. The largest absolute Gasteiger partial charge is 0.385 e. The molecule has 3 N–H and O–H groups in total. The highest BCUT2D eigenvalue weighted by Gasteiger charge is 2.23. The van der Waals surface area contributed by atoms with Crippen LogP contribution in [0.4, 0.5) is 0 Å². The van der Waals surface area contributed by atoms with Crippen LogP contribution in [-0.2, 0) is 0 Å². The highest BCUT2D eigenvalue weighted by Crippen LogP contribution is 2.20. The van der Waals surface area contributed by atoms with Gasteiger partial charge in [-0.2, -0.15) is 0 Å². The van der Waals surface area contributed by atoms with Crippen molar-refractivity contribution in [3.05, 3.63) is 24.0 Å². The van der Waals surface area contributed by atoms with Gasteiger partial charge in [0.15, 0.2) is 0 Å². The van der Waals surface area contributed by atoms with Crippen LogP contribution in [0, 0.1) is 0 Å². The van der Waals surface area contributed by atoms with Crippen molar-refractivity contribution in [1.82, 2.24) is 10.3 Å². The van der Waals surface area contributed by atoms with Gasteiger partial charge in [-0.1, -0.05) is 0 Å². The quantitative estimate of drug-likeness (QED) is 0.608. The molecule has 3 heteroatoms. The molecule has 12 heavy (non-hydrogen) atoms. The Morgan fingerprint density at radius 2 is 2.50 bits per heavy atom. The highest BCUT2D eigenvalue weighted by molar-refractivity contribution is 5.09. The van der Waals surface area contributed by atoms with Crippen LogP contribution in [0.2, 0.25) is 0 Å². The molecular formula is C9H14N2O. The van der Waals surface area contributed by atoms with E-state index in [9.17, 15) is 5.11 Å². The number of aromatic amines is 1. The van der Waals surface area contributed by atoms with Crippen LogP contribution in [-0.4, -0.2) is 22.7 Å². The number of aliphatic hydroxyl groups is 1. The third-order valence-corrected chi connectivity index (χ3v) is 2.42. The maximum atomic E-state index is 9.82. The number of aliphatic hydroxyl groups excluding tert-OH is 1. The van der Waals surface area contributed by atoms with Crippen molar-refractivity contribution in [1.29, 1.82) is 0 Å². The third-order valence-electron chi connectivity index (χ3n) is 2.42. The molecule has 1 aromatic heterocycles. The minimum atomic E-state index is -0.373. The Morgan fingerprint density at radius 3 is 3.08 bits per heavy atom. The summed E-state index contributed by atoms with van der Waals surface area (Å²) in [4.78, 5) is 3.02. The van der Waals surface area contributed by atoms with Gasteiger partial charge in [-0.25, -0.2) is 0 Å². The van der Waals surface area contributed by atoms with Gasteiger partial charge < -0.3 is 15.4 Å². The van der Waals surface area contributed by atoms with E-state index < -0.39 is 0 Å². The second-order valence-electron chi connectivity index (χ2n) is 3.27. The predicted octanol–water partition coefficient (Wildman–Crippen LogP) is 0.800. The number of aromatic nitrogens is 1. The van der Waals surface area contributed by atoms with E-state index in [4.69, 9.17) is 0 Å². The minimum Gasteiger partial charge on any atom is -0.385 e. The van der Waals surface area contributed by atoms with E-state index in [1.54, 1.807) is 0 Å². The van der Waals surface area contributed by atoms with Gasteiger partial charge in [-0.3, -0.25) is 0 Å². The second-order valence-corrected chi connectivity index (χ2v) is 3.27. The summed E-state index contributed by atoms with van der Waals surface area (Å²) in [5.74, 6) is 0. The van der Waals surface area contributed by atoms with Crippen molar-refractivity contribution in [2.75, 3.05) is 6.54 Å². The molecule has 1 unspecified atom stereocenters. The molecule has 0 saturated carbocycles. The lowest BCUT2D eigenvalue weighted by Crippen LogP contribution is -2.28. The lowest BCUT2D eigenvalue weighted by atomic mass is 10.1. The highest BCUT2D eigenvalue weighted by atomic mass is 16.3. The van der Waals surface area contributed by atoms with E-state index in [0.717, 1.165) is 18.7 Å². The van der Waals surface area contributed by atoms with E-state index in [2.05, 4.69) is 10.3 Å². The van der Waals surface area contributed by atoms with Crippen molar-refractivity contribution in [3.63, 3.8) is 0 Å². The topological polar surface area (TPSA) is 48.0 Å². The zero-order valence-electron chi connectivity index (χ0n) is 6.96. The molecule has 1 saturated heterocycles. The maximum absolute atomic E-state index is 9.82. The van der Waals surface area contributed by atoms with Crippen LogP contribution in [0.25, 0.3) is 0 Å². The number of hydrogen-bond donors (Lipinski definition) is 3. The molecule has 1 fully saturated rings. The van der Waals surface area contributed by atoms with Crippen molar-refractivity contribution >= 4 is 0 Å². The fraction of sp³-hybridized carbons (Fsp3) is 0.556. The van der Waals surface area contributed by atoms with Gasteiger partial charge in [0.25, 0.3) is 0 Å². The molecule has 0 radical (unpaired) electrons. The van der Waals surface area contributed by atoms with Crippen molar-refractivity contribution < 1.29 is 5.11 Å². The van der Waals surface area contributed by atoms with Gasteiger partial charge in [0.2, 0.25) is 0 Å². The fourth-order valence-electron chi connectivity index (χ4n) is 1.73. The Hall–Kier alpha value is -0.800. The Bertz CT molecular complexity index is 227. The number of hydrogen-bond acceptors (Lipinski definition) is 2. The third kappa shape index (κ3) is 1.38. The van der Waals surface area contributed by atoms with Crippen LogP contribution < -0.4 is 5.32 Å². The predicted molar refractivity (Wildman–Crippen MR) is 46.8 cm³/mol. The molecule has 1 aliphatic heterocycles. The molecule has 2 heterocycles. The van der Waals surface area contributed by atoms with E-state index in [0.29, 0.717) is 0 Å². The fourth-order valence-corrected chi connectivity index (χ4v) is 1.73. The summed E-state index contributed by atoms with van der Waals surface area (Å²) in [6, 6.07) is 4.07. The van der Waals surface area contributed by atoms with E-state index in [1.165, 1.54) is 6.42 Å². The number of rotatable bonds is 2. The molecule has 1 aliphatic rings. The Kier molecular flexibility index (Phi) is 2.15. The molecule has 0 bridgehead atoms. The van der Waals surface area contributed by atoms with Gasteiger partial charge in [-0.15, -0.1) is 0 Å². The van der Waals surface area contributed by atoms with Crippen molar-refractivity contribution in [2.45, 2.75) is 25.0 Å². The Balaban J connectivity index is 2.04. The first-order valence-corrected chi connectivity index (χ1v) is 4.42. The number of H-pyrrole nitrogens is 1. The average Bonchev–Trinajstić information content (AvgIpc) is 2.77. The summed E-state index contributed by atoms with van der Waals surface area (Å²) >= 11 is 0. The van der Waals surface area contributed by atoms with Crippen molar-refractivity contribution in [3.8, 4) is 0 Å². The second kappa shape index (κ2) is 3.29. The molecule has 0 amide bonds. The van der Waals surface area contributed by atoms with E-state index >= 15 is 0 Å². The summed E-state index contributed by atoms with van der Waals surface area (Å²) in [5, 5.41) is 13.1. The molecule has 3 nitrogen and oxygen atoms in total. The standard InChI is InChI=1S/C9H14N2O/c12-9(7-3-1-5-10-7)8-4-2-6-11-8/h1,3,5,8-12H,2,4,6H2/t8-,9?/m1/s1. The lowest BCUT2D eigenvalue weighted by Gasteiger charge is -2.16. The van der Waals surface area contributed by atoms with Crippen LogP contribution in [0.1, 0.15) is 24.6 Å². The van der Waals surface area contributed by atoms with Gasteiger partial charge in [-0.05, 0) is 31.5 Å². The lowest BCUT2D eigenvalue weighted by molar-refractivity contribution is 0.133. The SMILES string of the molecule is OC(c1ccc[nH]1)[C@H]1CCCN1. The van der Waals surface area contributed by atoms with Crippen LogP contribution >= 0.6 is 0 Å². The summed E-state index contributed by atoms with van der Waals surface area (Å²) in [5.41, 5.74) is 0.911. The molecule has 1 aromatic rings. The Morgan fingerprint density at radius 1 is 1.58 bits per heavy atom. The average molecular weight is 166 g/mol. The van der Waals surface area contributed by atoms with E-state index in [1.807, 2.05) is 18.3 Å². The monoisotopic (exact) mass is 166 g/mol. The van der Waals surface area contributed by atoms with Crippen LogP contribution in [0.15, 0.2) is 18.3 Å². The van der Waals surface area contributed by atoms with Crippen molar-refractivity contribution in [2.24, 2.45) is 0 Å². The maximum Gasteiger partial charge on any atom is 0.109 e. The van der Waals surface area contributed by atoms with Crippen LogP contribution in [0.5, 0.6) is 0 Å². The zero-order valence-corrected chi connectivity index (χ0v) is 6.96. The molecule has 66 valence electrons. The zero-order chi connectivity index (χ0) is 8.39. The summed E-state index contributed by atoms with van der Waals surface area (Å²) in [6.45, 7) is 1.03. The summed E-state index contributed by atoms with van der Waals surface area (Å²) in [7, 11) is 0. The van der Waals surface area contributed by atoms with Crippen LogP contribution in [0.3, 0.4) is 0 Å². The summed E-state index contributed by atoms with van der Waals surface area (Å²) < 4.78 is 0. The molecular weight excluding hydrogens is 152 g/mol. The van der Waals surface area contributed by atoms with Gasteiger partial charge in [0.1, 0.15) is 6.10 Å². The normalized spacial score (nSPS) is 25.9. The van der Waals surface area contributed by atoms with Gasteiger partial charge >= 0.3 is 0 Å². The first kappa shape index (κ1) is 7.83. The van der Waals surface area contributed by atoms with Gasteiger partial charge in [0.05, 0.1) is 0 Å². The van der Waals surface area contributed by atoms with E-state index in [-0.39, 0.29) is 12.1 Å². The molecule has 0 aliphatic carbocycles.